The zero-order valence-corrected chi connectivity index (χ0v) is 13.0. The van der Waals surface area contributed by atoms with E-state index in [-0.39, 0.29) is 5.75 Å². The molecule has 0 aromatic heterocycles. The van der Waals surface area contributed by atoms with E-state index in [0.717, 1.165) is 30.7 Å². The van der Waals surface area contributed by atoms with Gasteiger partial charge < -0.3 is 5.32 Å². The molecule has 0 saturated heterocycles. The van der Waals surface area contributed by atoms with E-state index in [0.29, 0.717) is 12.0 Å². The average Bonchev–Trinajstić information content (AvgIpc) is 2.49. The smallest absolute Gasteiger partial charge is 0.264 e. The largest absolute Gasteiger partial charge is 0.311 e. The normalized spacial score (nSPS) is 40.0. The standard InChI is InChI=1S/C15H27NO3S/c17-20(18,19)7-2-1-6-16-15-9-12-4-3-5-13(10-15)14(8-12)11-15/h12-14,16H,1-11H2,(H,17,18,19)/t12-,13-,14?,15?/m0/s1. The highest BCUT2D eigenvalue weighted by molar-refractivity contribution is 7.85. The summed E-state index contributed by atoms with van der Waals surface area (Å²) >= 11 is 0. The number of rotatable bonds is 6. The van der Waals surface area contributed by atoms with Gasteiger partial charge in [-0.05, 0) is 62.8 Å². The lowest BCUT2D eigenvalue weighted by Crippen LogP contribution is -2.47. The Bertz CT molecular complexity index is 446. The Balaban J connectivity index is 1.48. The van der Waals surface area contributed by atoms with Gasteiger partial charge in [0.25, 0.3) is 10.1 Å². The first-order chi connectivity index (χ1) is 9.46. The molecule has 3 aliphatic rings. The Morgan fingerprint density at radius 3 is 2.70 bits per heavy atom. The molecule has 0 amide bonds. The van der Waals surface area contributed by atoms with E-state index in [9.17, 15) is 8.42 Å². The van der Waals surface area contributed by atoms with Crippen molar-refractivity contribution in [2.45, 2.75) is 63.3 Å². The summed E-state index contributed by atoms with van der Waals surface area (Å²) in [6.07, 6.45) is 11.1. The molecule has 3 rings (SSSR count). The summed E-state index contributed by atoms with van der Waals surface area (Å²) in [6.45, 7) is 0.891. The van der Waals surface area contributed by atoms with E-state index in [2.05, 4.69) is 5.32 Å². The van der Waals surface area contributed by atoms with Crippen molar-refractivity contribution in [1.29, 1.82) is 0 Å². The number of hydrogen-bond acceptors (Lipinski definition) is 3. The SMILES string of the molecule is O=S(=O)(O)CCCCNC12CC3C[C@H](CCC[C@H]3C1)C2. The van der Waals surface area contributed by atoms with Crippen molar-refractivity contribution in [3.63, 3.8) is 0 Å². The van der Waals surface area contributed by atoms with Gasteiger partial charge in [0, 0.05) is 5.54 Å². The van der Waals surface area contributed by atoms with Crippen molar-refractivity contribution >= 4 is 10.1 Å². The molecule has 0 aromatic rings. The van der Waals surface area contributed by atoms with Crippen molar-refractivity contribution in [3.05, 3.63) is 0 Å². The molecule has 0 spiro atoms. The molecule has 5 heteroatoms. The fraction of sp³-hybridized carbons (Fsp3) is 1.00. The molecule has 3 fully saturated rings. The highest BCUT2D eigenvalue weighted by atomic mass is 32.2. The van der Waals surface area contributed by atoms with Gasteiger partial charge in [-0.1, -0.05) is 19.3 Å². The fourth-order valence-corrected chi connectivity index (χ4v) is 5.70. The molecule has 116 valence electrons. The quantitative estimate of drug-likeness (QED) is 0.584. The first kappa shape index (κ1) is 14.8. The average molecular weight is 301 g/mol. The second kappa shape index (κ2) is 5.58. The summed E-state index contributed by atoms with van der Waals surface area (Å²) in [4.78, 5) is 0. The van der Waals surface area contributed by atoms with Gasteiger partial charge in [-0.25, -0.2) is 0 Å². The molecule has 20 heavy (non-hydrogen) atoms. The second-order valence-corrected chi connectivity index (χ2v) is 8.94. The summed E-state index contributed by atoms with van der Waals surface area (Å²) < 4.78 is 30.1. The van der Waals surface area contributed by atoms with E-state index < -0.39 is 10.1 Å². The van der Waals surface area contributed by atoms with E-state index in [1.165, 1.54) is 44.9 Å². The highest BCUT2D eigenvalue weighted by Crippen LogP contribution is 2.55. The van der Waals surface area contributed by atoms with Gasteiger partial charge in [-0.3, -0.25) is 4.55 Å². The predicted octanol–water partition coefficient (Wildman–Crippen LogP) is 2.60. The number of nitrogens with one attached hydrogen (secondary N) is 1. The van der Waals surface area contributed by atoms with Crippen LogP contribution in [0.4, 0.5) is 0 Å². The van der Waals surface area contributed by atoms with Crippen LogP contribution in [0.5, 0.6) is 0 Å². The van der Waals surface area contributed by atoms with Crippen molar-refractivity contribution in [2.24, 2.45) is 17.8 Å². The van der Waals surface area contributed by atoms with Gasteiger partial charge in [-0.15, -0.1) is 0 Å². The second-order valence-electron chi connectivity index (χ2n) is 7.37. The van der Waals surface area contributed by atoms with Gasteiger partial charge in [-0.2, -0.15) is 8.42 Å². The van der Waals surface area contributed by atoms with E-state index in [1.54, 1.807) is 0 Å². The molecule has 0 heterocycles. The summed E-state index contributed by atoms with van der Waals surface area (Å²) in [5, 5.41) is 3.76. The molecular formula is C15H27NO3S. The van der Waals surface area contributed by atoms with Crippen LogP contribution in [0, 0.1) is 17.8 Å². The topological polar surface area (TPSA) is 66.4 Å². The zero-order valence-electron chi connectivity index (χ0n) is 12.2. The Morgan fingerprint density at radius 2 is 1.90 bits per heavy atom. The third kappa shape index (κ3) is 3.37. The van der Waals surface area contributed by atoms with Gasteiger partial charge in [0.15, 0.2) is 0 Å². The van der Waals surface area contributed by atoms with Crippen LogP contribution in [-0.2, 0) is 10.1 Å². The number of fused-ring (bicyclic) bond motifs is 2. The first-order valence-corrected chi connectivity index (χ1v) is 9.77. The maximum absolute atomic E-state index is 10.7. The predicted molar refractivity (Wildman–Crippen MR) is 79.2 cm³/mol. The molecule has 3 saturated carbocycles. The van der Waals surface area contributed by atoms with Gasteiger partial charge in [0.1, 0.15) is 0 Å². The molecule has 2 unspecified atom stereocenters. The first-order valence-electron chi connectivity index (χ1n) is 8.16. The van der Waals surface area contributed by atoms with Crippen LogP contribution in [-0.4, -0.2) is 30.8 Å². The monoisotopic (exact) mass is 301 g/mol. The van der Waals surface area contributed by atoms with Crippen molar-refractivity contribution < 1.29 is 13.0 Å². The Hall–Kier alpha value is -0.130. The molecule has 3 aliphatic carbocycles. The van der Waals surface area contributed by atoms with Crippen LogP contribution in [0.2, 0.25) is 0 Å². The van der Waals surface area contributed by atoms with Crippen molar-refractivity contribution in [2.75, 3.05) is 12.3 Å². The molecule has 0 radical (unpaired) electrons. The van der Waals surface area contributed by atoms with E-state index in [4.69, 9.17) is 4.55 Å². The molecule has 3 bridgehead atoms. The minimum absolute atomic E-state index is 0.102. The summed E-state index contributed by atoms with van der Waals surface area (Å²) in [5.41, 5.74) is 0.358. The Labute approximate surface area is 122 Å². The van der Waals surface area contributed by atoms with Crippen LogP contribution in [0.15, 0.2) is 0 Å². The molecule has 0 aliphatic heterocycles. The molecule has 0 aromatic carbocycles. The highest BCUT2D eigenvalue weighted by Gasteiger charge is 2.50. The van der Waals surface area contributed by atoms with Crippen LogP contribution in [0.1, 0.15) is 57.8 Å². The Morgan fingerprint density at radius 1 is 1.10 bits per heavy atom. The molecular weight excluding hydrogens is 274 g/mol. The maximum Gasteiger partial charge on any atom is 0.264 e. The zero-order chi connectivity index (χ0) is 14.2. The Kier molecular flexibility index (Phi) is 4.13. The van der Waals surface area contributed by atoms with Gasteiger partial charge in [0.2, 0.25) is 0 Å². The minimum atomic E-state index is -3.78. The van der Waals surface area contributed by atoms with Crippen LogP contribution in [0.3, 0.4) is 0 Å². The third-order valence-corrected chi connectivity index (χ3v) is 6.61. The lowest BCUT2D eigenvalue weighted by atomic mass is 9.75. The summed E-state index contributed by atoms with van der Waals surface area (Å²) in [7, 11) is -3.78. The van der Waals surface area contributed by atoms with E-state index in [1.807, 2.05) is 0 Å². The fourth-order valence-electron chi connectivity index (χ4n) is 5.13. The van der Waals surface area contributed by atoms with Crippen LogP contribution >= 0.6 is 0 Å². The van der Waals surface area contributed by atoms with E-state index >= 15 is 0 Å². The van der Waals surface area contributed by atoms with Crippen molar-refractivity contribution in [1.82, 2.24) is 5.32 Å². The number of hydrogen-bond donors (Lipinski definition) is 2. The molecule has 4 atom stereocenters. The maximum atomic E-state index is 10.7. The van der Waals surface area contributed by atoms with Gasteiger partial charge in [0.05, 0.1) is 5.75 Å². The minimum Gasteiger partial charge on any atom is -0.311 e. The number of unbranched alkanes of at least 4 members (excludes halogenated alkanes) is 1. The lowest BCUT2D eigenvalue weighted by Gasteiger charge is -2.39. The summed E-state index contributed by atoms with van der Waals surface area (Å²) in [6, 6.07) is 0. The van der Waals surface area contributed by atoms with Crippen LogP contribution in [0.25, 0.3) is 0 Å². The summed E-state index contributed by atoms with van der Waals surface area (Å²) in [5.74, 6) is 2.70. The molecule has 4 nitrogen and oxygen atoms in total. The third-order valence-electron chi connectivity index (χ3n) is 5.80. The van der Waals surface area contributed by atoms with Crippen LogP contribution < -0.4 is 5.32 Å². The molecule has 2 N–H and O–H groups in total. The lowest BCUT2D eigenvalue weighted by molar-refractivity contribution is 0.182. The van der Waals surface area contributed by atoms with Crippen molar-refractivity contribution in [3.8, 4) is 0 Å². The van der Waals surface area contributed by atoms with Gasteiger partial charge >= 0.3 is 0 Å².